The molecule has 1 aliphatic heterocycles. The Bertz CT molecular complexity index is 716. The Morgan fingerprint density at radius 3 is 2.28 bits per heavy atom. The Labute approximate surface area is 151 Å². The summed E-state index contributed by atoms with van der Waals surface area (Å²) in [6, 6.07) is 16.6. The van der Waals surface area contributed by atoms with Crippen LogP contribution in [0, 0.1) is 6.92 Å². The molecular formula is C22H28N2O. The molecule has 1 saturated heterocycles. The number of amides is 1. The van der Waals surface area contributed by atoms with Crippen molar-refractivity contribution in [3.63, 3.8) is 0 Å². The van der Waals surface area contributed by atoms with E-state index in [1.165, 1.54) is 16.8 Å². The number of nitrogens with zero attached hydrogens (tertiary/aromatic N) is 2. The fourth-order valence-electron chi connectivity index (χ4n) is 3.64. The summed E-state index contributed by atoms with van der Waals surface area (Å²) in [5.41, 5.74) is 5.20. The third kappa shape index (κ3) is 4.04. The normalized spacial score (nSPS) is 14.9. The summed E-state index contributed by atoms with van der Waals surface area (Å²) in [6.07, 6.45) is 0.502. The van der Waals surface area contributed by atoms with Gasteiger partial charge in [0.2, 0.25) is 5.91 Å². The maximum Gasteiger partial charge on any atom is 0.227 e. The fourth-order valence-corrected chi connectivity index (χ4v) is 3.64. The smallest absolute Gasteiger partial charge is 0.227 e. The van der Waals surface area contributed by atoms with Crippen LogP contribution in [-0.2, 0) is 11.2 Å². The first kappa shape index (κ1) is 17.5. The Morgan fingerprint density at radius 1 is 0.960 bits per heavy atom. The van der Waals surface area contributed by atoms with Gasteiger partial charge in [-0.3, -0.25) is 4.79 Å². The minimum absolute atomic E-state index is 0.236. The van der Waals surface area contributed by atoms with E-state index in [2.05, 4.69) is 43.9 Å². The molecule has 25 heavy (non-hydrogen) atoms. The molecule has 0 bridgehead atoms. The van der Waals surface area contributed by atoms with Gasteiger partial charge < -0.3 is 9.80 Å². The highest BCUT2D eigenvalue weighted by Gasteiger charge is 2.24. The minimum atomic E-state index is 0.236. The maximum absolute atomic E-state index is 12.6. The zero-order chi connectivity index (χ0) is 17.8. The second kappa shape index (κ2) is 7.73. The molecule has 3 heteroatoms. The van der Waals surface area contributed by atoms with E-state index in [-0.39, 0.29) is 5.91 Å². The van der Waals surface area contributed by atoms with Crippen LogP contribution in [0.1, 0.15) is 36.5 Å². The van der Waals surface area contributed by atoms with Crippen molar-refractivity contribution < 1.29 is 4.79 Å². The molecule has 0 saturated carbocycles. The van der Waals surface area contributed by atoms with Crippen molar-refractivity contribution in [3.8, 4) is 0 Å². The summed E-state index contributed by atoms with van der Waals surface area (Å²) in [4.78, 5) is 17.0. The second-order valence-corrected chi connectivity index (χ2v) is 7.20. The molecule has 0 aromatic heterocycles. The van der Waals surface area contributed by atoms with Crippen molar-refractivity contribution in [3.05, 3.63) is 65.2 Å². The average molecular weight is 336 g/mol. The van der Waals surface area contributed by atoms with Crippen LogP contribution in [0.3, 0.4) is 0 Å². The highest BCUT2D eigenvalue weighted by molar-refractivity contribution is 5.79. The molecule has 2 aromatic rings. The number of hydrogen-bond donors (Lipinski definition) is 0. The number of carbonyl (C=O) groups excluding carboxylic acids is 1. The Balaban J connectivity index is 1.65. The lowest BCUT2D eigenvalue weighted by Crippen LogP contribution is -2.49. The highest BCUT2D eigenvalue weighted by Crippen LogP contribution is 2.31. The standard InChI is InChI=1S/C22H28N2O/c1-17(2)20-11-7-8-18(3)22(20)24-14-12-23(13-15-24)21(25)16-19-9-5-4-6-10-19/h4-11,17H,12-16H2,1-3H3. The molecule has 0 N–H and O–H groups in total. The van der Waals surface area contributed by atoms with E-state index in [1.807, 2.05) is 35.2 Å². The largest absolute Gasteiger partial charge is 0.368 e. The molecule has 1 amide bonds. The number of piperazine rings is 1. The van der Waals surface area contributed by atoms with Crippen LogP contribution in [0.5, 0.6) is 0 Å². The van der Waals surface area contributed by atoms with Gasteiger partial charge in [-0.2, -0.15) is 0 Å². The minimum Gasteiger partial charge on any atom is -0.368 e. The number of aryl methyl sites for hydroxylation is 1. The molecule has 0 aliphatic carbocycles. The summed E-state index contributed by atoms with van der Waals surface area (Å²) < 4.78 is 0. The maximum atomic E-state index is 12.6. The first-order chi connectivity index (χ1) is 12.1. The molecule has 0 radical (unpaired) electrons. The molecule has 0 unspecified atom stereocenters. The predicted octanol–water partition coefficient (Wildman–Crippen LogP) is 4.01. The summed E-state index contributed by atoms with van der Waals surface area (Å²) in [5.74, 6) is 0.743. The molecule has 3 nitrogen and oxygen atoms in total. The fraction of sp³-hybridized carbons (Fsp3) is 0.409. The zero-order valence-corrected chi connectivity index (χ0v) is 15.5. The number of anilines is 1. The second-order valence-electron chi connectivity index (χ2n) is 7.20. The van der Waals surface area contributed by atoms with Crippen LogP contribution in [-0.4, -0.2) is 37.0 Å². The molecule has 1 aliphatic rings. The van der Waals surface area contributed by atoms with Crippen molar-refractivity contribution in [2.75, 3.05) is 31.1 Å². The van der Waals surface area contributed by atoms with Gasteiger partial charge in [-0.1, -0.05) is 62.4 Å². The lowest BCUT2D eigenvalue weighted by Gasteiger charge is -2.38. The third-order valence-electron chi connectivity index (χ3n) is 5.04. The van der Waals surface area contributed by atoms with Gasteiger partial charge in [-0.25, -0.2) is 0 Å². The lowest BCUT2D eigenvalue weighted by atomic mass is 9.97. The molecule has 1 heterocycles. The van der Waals surface area contributed by atoms with Crippen molar-refractivity contribution in [2.45, 2.75) is 33.1 Å². The van der Waals surface area contributed by atoms with Crippen molar-refractivity contribution in [2.24, 2.45) is 0 Å². The topological polar surface area (TPSA) is 23.6 Å². The lowest BCUT2D eigenvalue weighted by molar-refractivity contribution is -0.130. The van der Waals surface area contributed by atoms with Gasteiger partial charge in [-0.05, 0) is 29.5 Å². The summed E-state index contributed by atoms with van der Waals surface area (Å²) in [7, 11) is 0. The number of rotatable bonds is 4. The zero-order valence-electron chi connectivity index (χ0n) is 15.5. The van der Waals surface area contributed by atoms with Crippen molar-refractivity contribution in [1.29, 1.82) is 0 Å². The van der Waals surface area contributed by atoms with E-state index < -0.39 is 0 Å². The van der Waals surface area contributed by atoms with Crippen LogP contribution in [0.15, 0.2) is 48.5 Å². The van der Waals surface area contributed by atoms with Gasteiger partial charge in [0.05, 0.1) is 6.42 Å². The Morgan fingerprint density at radius 2 is 1.64 bits per heavy atom. The summed E-state index contributed by atoms with van der Waals surface area (Å²) in [5, 5.41) is 0. The highest BCUT2D eigenvalue weighted by atomic mass is 16.2. The molecule has 1 fully saturated rings. The number of para-hydroxylation sites is 1. The van der Waals surface area contributed by atoms with Gasteiger partial charge in [0, 0.05) is 31.9 Å². The third-order valence-corrected chi connectivity index (χ3v) is 5.04. The van der Waals surface area contributed by atoms with Crippen LogP contribution in [0.25, 0.3) is 0 Å². The Hall–Kier alpha value is -2.29. The van der Waals surface area contributed by atoms with Gasteiger partial charge in [-0.15, -0.1) is 0 Å². The van der Waals surface area contributed by atoms with Crippen LogP contribution in [0.2, 0.25) is 0 Å². The van der Waals surface area contributed by atoms with E-state index in [1.54, 1.807) is 0 Å². The first-order valence-electron chi connectivity index (χ1n) is 9.22. The van der Waals surface area contributed by atoms with E-state index >= 15 is 0 Å². The number of carbonyl (C=O) groups is 1. The van der Waals surface area contributed by atoms with E-state index in [0.717, 1.165) is 31.7 Å². The van der Waals surface area contributed by atoms with E-state index in [0.29, 0.717) is 12.3 Å². The number of hydrogen-bond acceptors (Lipinski definition) is 2. The molecule has 2 aromatic carbocycles. The van der Waals surface area contributed by atoms with Crippen LogP contribution in [0.4, 0.5) is 5.69 Å². The molecule has 3 rings (SSSR count). The molecule has 132 valence electrons. The quantitative estimate of drug-likeness (QED) is 0.842. The first-order valence-corrected chi connectivity index (χ1v) is 9.22. The van der Waals surface area contributed by atoms with Gasteiger partial charge in [0.1, 0.15) is 0 Å². The van der Waals surface area contributed by atoms with E-state index in [9.17, 15) is 4.79 Å². The molecule has 0 atom stereocenters. The summed E-state index contributed by atoms with van der Waals surface area (Å²) in [6.45, 7) is 10.1. The predicted molar refractivity (Wildman–Crippen MR) is 104 cm³/mol. The van der Waals surface area contributed by atoms with Gasteiger partial charge in [0.15, 0.2) is 0 Å². The molecular weight excluding hydrogens is 308 g/mol. The van der Waals surface area contributed by atoms with Gasteiger partial charge >= 0.3 is 0 Å². The number of benzene rings is 2. The van der Waals surface area contributed by atoms with Crippen LogP contribution >= 0.6 is 0 Å². The Kier molecular flexibility index (Phi) is 5.42. The van der Waals surface area contributed by atoms with Crippen LogP contribution < -0.4 is 4.90 Å². The average Bonchev–Trinajstić information content (AvgIpc) is 2.62. The SMILES string of the molecule is Cc1cccc(C(C)C)c1N1CCN(C(=O)Cc2ccccc2)CC1. The summed E-state index contributed by atoms with van der Waals surface area (Å²) >= 11 is 0. The van der Waals surface area contributed by atoms with Crippen molar-refractivity contribution >= 4 is 11.6 Å². The van der Waals surface area contributed by atoms with Gasteiger partial charge in [0.25, 0.3) is 0 Å². The van der Waals surface area contributed by atoms with E-state index in [4.69, 9.17) is 0 Å². The molecule has 0 spiro atoms. The monoisotopic (exact) mass is 336 g/mol. The van der Waals surface area contributed by atoms with Crippen molar-refractivity contribution in [1.82, 2.24) is 4.90 Å².